The van der Waals surface area contributed by atoms with E-state index in [1.807, 2.05) is 18.7 Å². The van der Waals surface area contributed by atoms with Crippen molar-refractivity contribution in [3.63, 3.8) is 0 Å². The maximum absolute atomic E-state index is 14.9. The van der Waals surface area contributed by atoms with Gasteiger partial charge < -0.3 is 30.5 Å². The highest BCUT2D eigenvalue weighted by atomic mass is 35.5. The van der Waals surface area contributed by atoms with E-state index in [1.54, 1.807) is 49.5 Å². The summed E-state index contributed by atoms with van der Waals surface area (Å²) in [6, 6.07) is 12.2. The number of aromatic nitrogens is 4. The first kappa shape index (κ1) is 34.3. The molecule has 2 atom stereocenters. The van der Waals surface area contributed by atoms with Crippen molar-refractivity contribution in [1.29, 1.82) is 0 Å². The Labute approximate surface area is 286 Å². The number of rotatable bonds is 9. The summed E-state index contributed by atoms with van der Waals surface area (Å²) < 4.78 is 57.5. The van der Waals surface area contributed by atoms with E-state index in [2.05, 4.69) is 20.4 Å². The van der Waals surface area contributed by atoms with Gasteiger partial charge in [-0.3, -0.25) is 4.79 Å². The number of ether oxygens (including phenoxy) is 2. The van der Waals surface area contributed by atoms with E-state index in [4.69, 9.17) is 26.8 Å². The number of nitrogens with zero attached hydrogens (tertiary/aromatic N) is 5. The fourth-order valence-corrected chi connectivity index (χ4v) is 6.71. The molecular weight excluding hydrogens is 663 g/mol. The molecule has 2 fully saturated rings. The van der Waals surface area contributed by atoms with E-state index in [0.29, 0.717) is 72.3 Å². The lowest BCUT2D eigenvalue weighted by Crippen LogP contribution is -2.41. The average molecular weight is 700 g/mol. The fraction of sp³-hybridized carbons (Fsp3) is 0.412. The Morgan fingerprint density at radius 3 is 2.41 bits per heavy atom. The van der Waals surface area contributed by atoms with Gasteiger partial charge >= 0.3 is 12.1 Å². The van der Waals surface area contributed by atoms with Crippen molar-refractivity contribution >= 4 is 29.3 Å². The predicted molar refractivity (Wildman–Crippen MR) is 178 cm³/mol. The van der Waals surface area contributed by atoms with Crippen molar-refractivity contribution < 1.29 is 32.5 Å². The number of carboxylic acid groups (broad SMARTS) is 1. The molecule has 49 heavy (non-hydrogen) atoms. The summed E-state index contributed by atoms with van der Waals surface area (Å²) >= 11 is 6.48. The lowest BCUT2D eigenvalue weighted by atomic mass is 9.76. The monoisotopic (exact) mass is 699 g/mol. The average Bonchev–Trinajstić information content (AvgIpc) is 3.66. The molecule has 2 aliphatic rings. The summed E-state index contributed by atoms with van der Waals surface area (Å²) in [4.78, 5) is 21.7. The second-order valence-corrected chi connectivity index (χ2v) is 13.3. The molecule has 2 aromatic carbocycles. The van der Waals surface area contributed by atoms with Gasteiger partial charge in [0.15, 0.2) is 0 Å². The number of hydrogen-bond acceptors (Lipinski definition) is 9. The summed E-state index contributed by atoms with van der Waals surface area (Å²) in [7, 11) is 0. The molecule has 1 spiro atoms. The molecule has 260 valence electrons. The van der Waals surface area contributed by atoms with Gasteiger partial charge in [-0.2, -0.15) is 28.2 Å². The summed E-state index contributed by atoms with van der Waals surface area (Å²) in [5.74, 6) is -0.612. The zero-order chi connectivity index (χ0) is 35.1. The zero-order valence-corrected chi connectivity index (χ0v) is 27.9. The van der Waals surface area contributed by atoms with Crippen molar-refractivity contribution in [3.8, 4) is 28.4 Å². The first-order chi connectivity index (χ1) is 23.2. The number of aliphatic carboxylic acids is 1. The second kappa shape index (κ2) is 13.4. The molecule has 4 aromatic rings. The Morgan fingerprint density at radius 1 is 1.08 bits per heavy atom. The van der Waals surface area contributed by atoms with Crippen molar-refractivity contribution in [1.82, 2.24) is 25.1 Å². The third-order valence-electron chi connectivity index (χ3n) is 8.96. The first-order valence-corrected chi connectivity index (χ1v) is 16.3. The number of nitrogen functional groups attached to an aromatic ring is 1. The molecule has 0 saturated carbocycles. The van der Waals surface area contributed by atoms with E-state index in [1.165, 1.54) is 16.8 Å². The Kier molecular flexibility index (Phi) is 9.38. The summed E-state index contributed by atoms with van der Waals surface area (Å²) in [6.45, 7) is 7.14. The minimum Gasteiger partial charge on any atom is -0.489 e. The normalized spacial score (nSPS) is 18.2. The van der Waals surface area contributed by atoms with Crippen LogP contribution in [-0.2, 0) is 4.79 Å². The number of alkyl halides is 3. The van der Waals surface area contributed by atoms with Gasteiger partial charge in [0.25, 0.3) is 0 Å². The van der Waals surface area contributed by atoms with Gasteiger partial charge in [-0.15, -0.1) is 0 Å². The molecule has 6 rings (SSSR count). The summed E-state index contributed by atoms with van der Waals surface area (Å²) in [5.41, 5.74) is 7.68. The molecule has 4 heterocycles. The van der Waals surface area contributed by atoms with Crippen LogP contribution in [0.4, 0.5) is 24.9 Å². The van der Waals surface area contributed by atoms with Gasteiger partial charge in [0, 0.05) is 37.5 Å². The molecule has 2 saturated heterocycles. The highest BCUT2D eigenvalue weighted by Crippen LogP contribution is 2.43. The maximum Gasteiger partial charge on any atom is 0.429 e. The van der Waals surface area contributed by atoms with Crippen LogP contribution in [0.25, 0.3) is 16.8 Å². The Bertz CT molecular complexity index is 1840. The Hall–Kier alpha value is -4.56. The number of carboxylic acids is 1. The molecule has 0 aliphatic carbocycles. The van der Waals surface area contributed by atoms with Crippen molar-refractivity contribution in [3.05, 3.63) is 71.0 Å². The highest BCUT2D eigenvalue weighted by Gasteiger charge is 2.46. The Balaban J connectivity index is 1.30. The molecule has 15 heteroatoms. The lowest BCUT2D eigenvalue weighted by molar-refractivity contribution is -0.198. The van der Waals surface area contributed by atoms with E-state index in [9.17, 15) is 23.1 Å². The molecule has 2 aromatic heterocycles. The summed E-state index contributed by atoms with van der Waals surface area (Å²) in [6.07, 6.45) is -3.90. The van der Waals surface area contributed by atoms with Gasteiger partial charge in [0.1, 0.15) is 17.6 Å². The molecule has 11 nitrogen and oxygen atoms in total. The minimum absolute atomic E-state index is 0.0899. The molecule has 4 N–H and O–H groups in total. The number of carbonyl (C=O) groups is 1. The number of halogens is 4. The number of aryl methyl sites for hydroxylation is 1. The number of benzene rings is 2. The van der Waals surface area contributed by atoms with Crippen LogP contribution in [0.5, 0.6) is 11.6 Å². The predicted octanol–water partition coefficient (Wildman–Crippen LogP) is 6.38. The third-order valence-corrected chi connectivity index (χ3v) is 9.25. The number of hydrogen-bond donors (Lipinski definition) is 3. The van der Waals surface area contributed by atoms with Gasteiger partial charge in [0.2, 0.25) is 17.9 Å². The van der Waals surface area contributed by atoms with Crippen LogP contribution in [0.15, 0.2) is 54.7 Å². The standard InChI is InChI=1S/C34H37ClF3N7O4/c1-19(2)48-27-7-5-21(14-24(27)35)22-4-6-23(26(15-22)45-11-8-20(3)43-45)30(34(36,37)38)49-29-16-28(41-32(39)42-29)44-12-9-33(10-13-44)17-25(31(46)47)40-18-33/h4-8,11,14-16,19,25,30,40H,9-10,12-13,17-18H2,1-3H3,(H,46,47)(H2,39,41,42)/t25?,30-/m1/s1. The Morgan fingerprint density at radius 2 is 1.80 bits per heavy atom. The molecule has 0 bridgehead atoms. The first-order valence-electron chi connectivity index (χ1n) is 15.9. The second-order valence-electron chi connectivity index (χ2n) is 12.9. The third kappa shape index (κ3) is 7.54. The van der Waals surface area contributed by atoms with E-state index >= 15 is 0 Å². The van der Waals surface area contributed by atoms with E-state index < -0.39 is 24.3 Å². The number of anilines is 2. The quantitative estimate of drug-likeness (QED) is 0.180. The fourth-order valence-electron chi connectivity index (χ4n) is 6.49. The molecule has 1 unspecified atom stereocenters. The largest absolute Gasteiger partial charge is 0.489 e. The summed E-state index contributed by atoms with van der Waals surface area (Å²) in [5, 5.41) is 17.3. The van der Waals surface area contributed by atoms with Gasteiger partial charge in [-0.05, 0) is 80.8 Å². The maximum atomic E-state index is 14.9. The van der Waals surface area contributed by atoms with E-state index in [-0.39, 0.29) is 34.6 Å². The van der Waals surface area contributed by atoms with Crippen LogP contribution in [0.2, 0.25) is 5.02 Å². The van der Waals surface area contributed by atoms with Gasteiger partial charge in [0.05, 0.1) is 22.5 Å². The van der Waals surface area contributed by atoms with Crippen LogP contribution in [0.1, 0.15) is 50.5 Å². The number of nitrogens with one attached hydrogen (secondary N) is 1. The molecule has 0 amide bonds. The van der Waals surface area contributed by atoms with Crippen LogP contribution in [0.3, 0.4) is 0 Å². The zero-order valence-electron chi connectivity index (χ0n) is 27.2. The van der Waals surface area contributed by atoms with Crippen LogP contribution >= 0.6 is 11.6 Å². The van der Waals surface area contributed by atoms with Crippen LogP contribution in [-0.4, -0.2) is 68.8 Å². The van der Waals surface area contributed by atoms with Crippen LogP contribution < -0.4 is 25.4 Å². The lowest BCUT2D eigenvalue weighted by Gasteiger charge is -2.39. The van der Waals surface area contributed by atoms with Gasteiger partial charge in [-0.25, -0.2) is 4.68 Å². The van der Waals surface area contributed by atoms with E-state index in [0.717, 1.165) is 0 Å². The van der Waals surface area contributed by atoms with Crippen LogP contribution in [0, 0.1) is 12.3 Å². The van der Waals surface area contributed by atoms with Crippen molar-refractivity contribution in [2.45, 2.75) is 64.5 Å². The van der Waals surface area contributed by atoms with Crippen molar-refractivity contribution in [2.75, 3.05) is 30.3 Å². The minimum atomic E-state index is -4.86. The van der Waals surface area contributed by atoms with Crippen molar-refractivity contribution in [2.24, 2.45) is 5.41 Å². The number of nitrogens with two attached hydrogens (primary N) is 1. The van der Waals surface area contributed by atoms with Gasteiger partial charge in [-0.1, -0.05) is 29.8 Å². The smallest absolute Gasteiger partial charge is 0.429 e. The number of piperidine rings is 1. The topological polar surface area (TPSA) is 141 Å². The highest BCUT2D eigenvalue weighted by molar-refractivity contribution is 6.32. The molecule has 2 aliphatic heterocycles. The molecular formula is C34H37ClF3N7O4. The SMILES string of the molecule is Cc1ccn(-c2cc(-c3ccc(OC(C)C)c(Cl)c3)ccc2[C@@H](Oc2cc(N3CCC4(CC3)CNC(C(=O)O)C4)nc(N)n2)C(F)(F)F)n1. The molecule has 0 radical (unpaired) electrons.